The summed E-state index contributed by atoms with van der Waals surface area (Å²) in [6.07, 6.45) is 2.22. The molecule has 4 heteroatoms. The van der Waals surface area contributed by atoms with Crippen molar-refractivity contribution in [1.82, 2.24) is 15.5 Å². The minimum absolute atomic E-state index is 0.939. The summed E-state index contributed by atoms with van der Waals surface area (Å²) >= 11 is 0. The quantitative estimate of drug-likeness (QED) is 0.939. The van der Waals surface area contributed by atoms with Crippen molar-refractivity contribution in [3.05, 3.63) is 42.0 Å². The van der Waals surface area contributed by atoms with Crippen molar-refractivity contribution in [2.75, 3.05) is 31.1 Å². The molecule has 1 fully saturated rings. The van der Waals surface area contributed by atoms with Crippen LogP contribution in [0.1, 0.15) is 18.9 Å². The molecule has 1 N–H and O–H groups in total. The van der Waals surface area contributed by atoms with E-state index in [2.05, 4.69) is 63.7 Å². The van der Waals surface area contributed by atoms with Crippen LogP contribution < -0.4 is 10.2 Å². The molecule has 0 amide bonds. The first-order valence-electron chi connectivity index (χ1n) is 7.75. The summed E-state index contributed by atoms with van der Waals surface area (Å²) in [4.78, 5) is 2.30. The van der Waals surface area contributed by atoms with Gasteiger partial charge in [-0.3, -0.25) is 0 Å². The number of rotatable bonds is 3. The lowest BCUT2D eigenvalue weighted by Gasteiger charge is -2.20. The van der Waals surface area contributed by atoms with E-state index < -0.39 is 0 Å². The average Bonchev–Trinajstić information content (AvgIpc) is 2.84. The van der Waals surface area contributed by atoms with Gasteiger partial charge in [0, 0.05) is 25.2 Å². The molecule has 0 atom stereocenters. The second kappa shape index (κ2) is 6.68. The first-order chi connectivity index (χ1) is 10.4. The summed E-state index contributed by atoms with van der Waals surface area (Å²) in [5.41, 5.74) is 3.42. The molecule has 1 aliphatic rings. The molecule has 1 aliphatic heterocycles. The lowest BCUT2D eigenvalue weighted by Crippen LogP contribution is -2.28. The van der Waals surface area contributed by atoms with Crippen LogP contribution in [-0.4, -0.2) is 36.4 Å². The van der Waals surface area contributed by atoms with E-state index >= 15 is 0 Å². The third-order valence-corrected chi connectivity index (χ3v) is 3.97. The zero-order valence-corrected chi connectivity index (χ0v) is 12.5. The standard InChI is InChI=1S/C17H22N4/c1-2-14-4-6-15(7-5-14)16-8-9-17(20-19-16)21-12-3-10-18-11-13-21/h4-9,18H,2-3,10-13H2,1H3. The van der Waals surface area contributed by atoms with E-state index in [0.717, 1.165) is 56.1 Å². The number of nitrogens with zero attached hydrogens (tertiary/aromatic N) is 3. The van der Waals surface area contributed by atoms with Gasteiger partial charge in [-0.05, 0) is 37.1 Å². The molecule has 4 nitrogen and oxygen atoms in total. The fourth-order valence-corrected chi connectivity index (χ4v) is 2.63. The zero-order chi connectivity index (χ0) is 14.5. The van der Waals surface area contributed by atoms with Gasteiger partial charge in [-0.1, -0.05) is 31.2 Å². The summed E-state index contributed by atoms with van der Waals surface area (Å²) in [6.45, 7) is 6.32. The van der Waals surface area contributed by atoms with Crippen molar-refractivity contribution in [3.8, 4) is 11.3 Å². The second-order valence-electron chi connectivity index (χ2n) is 5.42. The Morgan fingerprint density at radius 1 is 1.00 bits per heavy atom. The SMILES string of the molecule is CCc1ccc(-c2ccc(N3CCCNCC3)nn2)cc1. The Labute approximate surface area is 126 Å². The fourth-order valence-electron chi connectivity index (χ4n) is 2.63. The molecule has 3 rings (SSSR count). The molecule has 0 spiro atoms. The van der Waals surface area contributed by atoms with Gasteiger partial charge >= 0.3 is 0 Å². The normalized spacial score (nSPS) is 15.8. The van der Waals surface area contributed by atoms with Gasteiger partial charge in [0.2, 0.25) is 0 Å². The van der Waals surface area contributed by atoms with E-state index in [4.69, 9.17) is 0 Å². The third kappa shape index (κ3) is 3.39. The predicted octanol–water partition coefficient (Wildman–Crippen LogP) is 2.51. The zero-order valence-electron chi connectivity index (χ0n) is 12.5. The van der Waals surface area contributed by atoms with Crippen LogP contribution in [0.15, 0.2) is 36.4 Å². The molecule has 0 radical (unpaired) electrons. The van der Waals surface area contributed by atoms with Crippen molar-refractivity contribution in [3.63, 3.8) is 0 Å². The molecule has 1 aromatic carbocycles. The third-order valence-electron chi connectivity index (χ3n) is 3.97. The molecule has 2 aromatic rings. The van der Waals surface area contributed by atoms with Crippen molar-refractivity contribution < 1.29 is 0 Å². The van der Waals surface area contributed by atoms with Crippen molar-refractivity contribution >= 4 is 5.82 Å². The summed E-state index contributed by atoms with van der Waals surface area (Å²) < 4.78 is 0. The van der Waals surface area contributed by atoms with E-state index in [1.54, 1.807) is 0 Å². The van der Waals surface area contributed by atoms with Crippen LogP contribution in [0.4, 0.5) is 5.82 Å². The number of hydrogen-bond donors (Lipinski definition) is 1. The smallest absolute Gasteiger partial charge is 0.151 e. The molecule has 0 saturated carbocycles. The maximum Gasteiger partial charge on any atom is 0.151 e. The van der Waals surface area contributed by atoms with Crippen LogP contribution in [0.3, 0.4) is 0 Å². The van der Waals surface area contributed by atoms with Crippen LogP contribution >= 0.6 is 0 Å². The summed E-state index contributed by atoms with van der Waals surface area (Å²) in [5.74, 6) is 0.979. The summed E-state index contributed by atoms with van der Waals surface area (Å²) in [6, 6.07) is 12.7. The Balaban J connectivity index is 1.76. The van der Waals surface area contributed by atoms with Gasteiger partial charge in [-0.25, -0.2) is 0 Å². The highest BCUT2D eigenvalue weighted by molar-refractivity contribution is 5.60. The topological polar surface area (TPSA) is 41.0 Å². The maximum atomic E-state index is 4.41. The number of aromatic nitrogens is 2. The highest BCUT2D eigenvalue weighted by Crippen LogP contribution is 2.19. The van der Waals surface area contributed by atoms with Gasteiger partial charge in [0.1, 0.15) is 0 Å². The van der Waals surface area contributed by atoms with Crippen LogP contribution in [0.5, 0.6) is 0 Å². The van der Waals surface area contributed by atoms with Gasteiger partial charge in [0.05, 0.1) is 5.69 Å². The number of hydrogen-bond acceptors (Lipinski definition) is 4. The Morgan fingerprint density at radius 2 is 1.86 bits per heavy atom. The molecule has 2 heterocycles. The van der Waals surface area contributed by atoms with E-state index in [9.17, 15) is 0 Å². The first kappa shape index (κ1) is 14.0. The minimum atomic E-state index is 0.939. The van der Waals surface area contributed by atoms with E-state index in [0.29, 0.717) is 0 Å². The average molecular weight is 282 g/mol. The molecule has 1 aromatic heterocycles. The fraction of sp³-hybridized carbons (Fsp3) is 0.412. The Kier molecular flexibility index (Phi) is 4.46. The van der Waals surface area contributed by atoms with E-state index in [1.807, 2.05) is 0 Å². The molecule has 0 bridgehead atoms. The van der Waals surface area contributed by atoms with E-state index in [-0.39, 0.29) is 0 Å². The Bertz CT molecular complexity index is 554. The van der Waals surface area contributed by atoms with E-state index in [1.165, 1.54) is 5.56 Å². The monoisotopic (exact) mass is 282 g/mol. The summed E-state index contributed by atoms with van der Waals surface area (Å²) in [7, 11) is 0. The minimum Gasteiger partial charge on any atom is -0.354 e. The number of benzene rings is 1. The largest absolute Gasteiger partial charge is 0.354 e. The lowest BCUT2D eigenvalue weighted by atomic mass is 10.1. The van der Waals surface area contributed by atoms with Gasteiger partial charge in [0.15, 0.2) is 5.82 Å². The molecular weight excluding hydrogens is 260 g/mol. The van der Waals surface area contributed by atoms with Crippen LogP contribution in [-0.2, 0) is 6.42 Å². The lowest BCUT2D eigenvalue weighted by molar-refractivity contribution is 0.724. The number of aryl methyl sites for hydroxylation is 1. The van der Waals surface area contributed by atoms with Crippen LogP contribution in [0.2, 0.25) is 0 Å². The highest BCUT2D eigenvalue weighted by Gasteiger charge is 2.11. The van der Waals surface area contributed by atoms with Crippen LogP contribution in [0.25, 0.3) is 11.3 Å². The molecule has 1 saturated heterocycles. The predicted molar refractivity (Wildman–Crippen MR) is 86.5 cm³/mol. The molecule has 0 aliphatic carbocycles. The number of nitrogens with one attached hydrogen (secondary N) is 1. The Hall–Kier alpha value is -1.94. The molecule has 0 unspecified atom stereocenters. The molecular formula is C17H22N4. The van der Waals surface area contributed by atoms with Crippen LogP contribution in [0, 0.1) is 0 Å². The van der Waals surface area contributed by atoms with Gasteiger partial charge in [-0.15, -0.1) is 10.2 Å². The van der Waals surface area contributed by atoms with Crippen molar-refractivity contribution in [1.29, 1.82) is 0 Å². The number of anilines is 1. The maximum absolute atomic E-state index is 4.41. The second-order valence-corrected chi connectivity index (χ2v) is 5.42. The first-order valence-corrected chi connectivity index (χ1v) is 7.75. The van der Waals surface area contributed by atoms with Gasteiger partial charge in [-0.2, -0.15) is 0 Å². The van der Waals surface area contributed by atoms with Gasteiger partial charge in [0.25, 0.3) is 0 Å². The summed E-state index contributed by atoms with van der Waals surface area (Å²) in [5, 5.41) is 12.2. The Morgan fingerprint density at radius 3 is 2.57 bits per heavy atom. The molecule has 21 heavy (non-hydrogen) atoms. The van der Waals surface area contributed by atoms with Crippen molar-refractivity contribution in [2.24, 2.45) is 0 Å². The highest BCUT2D eigenvalue weighted by atomic mass is 15.3. The van der Waals surface area contributed by atoms with Gasteiger partial charge < -0.3 is 10.2 Å². The van der Waals surface area contributed by atoms with Crippen molar-refractivity contribution in [2.45, 2.75) is 19.8 Å². The molecule has 110 valence electrons.